The zero-order valence-electron chi connectivity index (χ0n) is 18.6. The van der Waals surface area contributed by atoms with Gasteiger partial charge in [0.15, 0.2) is 0 Å². The van der Waals surface area contributed by atoms with E-state index in [-0.39, 0.29) is 11.8 Å². The second-order valence-electron chi connectivity index (χ2n) is 7.52. The maximum absolute atomic E-state index is 13.2. The van der Waals surface area contributed by atoms with Crippen molar-refractivity contribution in [2.75, 3.05) is 10.6 Å². The highest BCUT2D eigenvalue weighted by atomic mass is 35.5. The molecule has 7 heteroatoms. The third-order valence-electron chi connectivity index (χ3n) is 4.90. The first-order chi connectivity index (χ1) is 17.1. The third-order valence-corrected chi connectivity index (χ3v) is 6.37. The molecule has 0 saturated carbocycles. The minimum absolute atomic E-state index is 0.212. The molecule has 4 aromatic rings. The Morgan fingerprint density at radius 1 is 0.857 bits per heavy atom. The summed E-state index contributed by atoms with van der Waals surface area (Å²) in [6, 6.07) is 29.9. The van der Waals surface area contributed by atoms with Crippen LogP contribution in [-0.2, 0) is 9.59 Å². The molecule has 1 aromatic heterocycles. The van der Waals surface area contributed by atoms with Crippen molar-refractivity contribution < 1.29 is 9.59 Å². The van der Waals surface area contributed by atoms with Gasteiger partial charge in [-0.1, -0.05) is 78.3 Å². The SMILES string of the molecule is O=C(/C=C/c1ccccc1)Nc1cccc(SC(C(=O)Nc2ccc(Cl)cn2)c2ccccc2)c1. The zero-order valence-corrected chi connectivity index (χ0v) is 20.2. The number of hydrogen-bond acceptors (Lipinski definition) is 4. The minimum atomic E-state index is -0.530. The molecule has 0 spiro atoms. The lowest BCUT2D eigenvalue weighted by Gasteiger charge is -2.17. The van der Waals surface area contributed by atoms with Crippen LogP contribution in [0.2, 0.25) is 5.02 Å². The van der Waals surface area contributed by atoms with Crippen LogP contribution >= 0.6 is 23.4 Å². The van der Waals surface area contributed by atoms with Crippen molar-refractivity contribution in [1.82, 2.24) is 4.98 Å². The molecular weight excluding hydrogens is 478 g/mol. The molecule has 0 radical (unpaired) electrons. The highest BCUT2D eigenvalue weighted by Crippen LogP contribution is 2.37. The summed E-state index contributed by atoms with van der Waals surface area (Å²) in [6.45, 7) is 0. The summed E-state index contributed by atoms with van der Waals surface area (Å²) in [7, 11) is 0. The van der Waals surface area contributed by atoms with Crippen LogP contribution in [0, 0.1) is 0 Å². The molecule has 1 heterocycles. The smallest absolute Gasteiger partial charge is 0.248 e. The largest absolute Gasteiger partial charge is 0.322 e. The predicted octanol–water partition coefficient (Wildman–Crippen LogP) is 6.86. The van der Waals surface area contributed by atoms with E-state index in [0.29, 0.717) is 16.5 Å². The second-order valence-corrected chi connectivity index (χ2v) is 9.14. The molecule has 0 aliphatic carbocycles. The Morgan fingerprint density at radius 3 is 2.31 bits per heavy atom. The van der Waals surface area contributed by atoms with Crippen molar-refractivity contribution in [3.8, 4) is 0 Å². The van der Waals surface area contributed by atoms with Gasteiger partial charge < -0.3 is 10.6 Å². The number of halogens is 1. The van der Waals surface area contributed by atoms with E-state index in [1.807, 2.05) is 84.9 Å². The van der Waals surface area contributed by atoms with Crippen molar-refractivity contribution in [1.29, 1.82) is 0 Å². The number of carbonyl (C=O) groups is 2. The molecule has 2 N–H and O–H groups in total. The summed E-state index contributed by atoms with van der Waals surface area (Å²) in [5, 5.41) is 5.70. The molecule has 174 valence electrons. The maximum atomic E-state index is 13.2. The number of anilines is 2. The fourth-order valence-electron chi connectivity index (χ4n) is 3.25. The van der Waals surface area contributed by atoms with Crippen molar-refractivity contribution >= 4 is 52.8 Å². The van der Waals surface area contributed by atoms with E-state index in [1.54, 1.807) is 18.2 Å². The number of carbonyl (C=O) groups excluding carboxylic acids is 2. The first kappa shape index (κ1) is 24.3. The third kappa shape index (κ3) is 7.30. The van der Waals surface area contributed by atoms with Crippen molar-refractivity contribution in [3.05, 3.63) is 125 Å². The van der Waals surface area contributed by atoms with Crippen LogP contribution in [0.3, 0.4) is 0 Å². The first-order valence-corrected chi connectivity index (χ1v) is 12.1. The van der Waals surface area contributed by atoms with Crippen molar-refractivity contribution in [2.45, 2.75) is 10.1 Å². The average molecular weight is 500 g/mol. The first-order valence-electron chi connectivity index (χ1n) is 10.8. The molecule has 1 unspecified atom stereocenters. The summed E-state index contributed by atoms with van der Waals surface area (Å²) in [5.74, 6) is -0.0226. The fourth-order valence-corrected chi connectivity index (χ4v) is 4.44. The lowest BCUT2D eigenvalue weighted by molar-refractivity contribution is -0.116. The van der Waals surface area contributed by atoms with Gasteiger partial charge in [0.1, 0.15) is 11.1 Å². The molecule has 0 saturated heterocycles. The van der Waals surface area contributed by atoms with Crippen LogP contribution < -0.4 is 10.6 Å². The highest BCUT2D eigenvalue weighted by Gasteiger charge is 2.22. The second kappa shape index (κ2) is 12.0. The van der Waals surface area contributed by atoms with Crippen LogP contribution in [0.5, 0.6) is 0 Å². The van der Waals surface area contributed by atoms with E-state index in [9.17, 15) is 9.59 Å². The number of benzene rings is 3. The molecule has 3 aromatic carbocycles. The lowest BCUT2D eigenvalue weighted by atomic mass is 10.1. The Balaban J connectivity index is 1.48. The van der Waals surface area contributed by atoms with Gasteiger partial charge in [0, 0.05) is 22.9 Å². The van der Waals surface area contributed by atoms with Crippen LogP contribution in [-0.4, -0.2) is 16.8 Å². The molecule has 0 bridgehead atoms. The highest BCUT2D eigenvalue weighted by molar-refractivity contribution is 8.00. The predicted molar refractivity (Wildman–Crippen MR) is 143 cm³/mol. The lowest BCUT2D eigenvalue weighted by Crippen LogP contribution is -2.19. The van der Waals surface area contributed by atoms with Crippen LogP contribution in [0.1, 0.15) is 16.4 Å². The Kier molecular flexibility index (Phi) is 8.33. The Morgan fingerprint density at radius 2 is 1.60 bits per heavy atom. The Labute approximate surface area is 213 Å². The molecule has 4 rings (SSSR count). The number of nitrogens with zero attached hydrogens (tertiary/aromatic N) is 1. The summed E-state index contributed by atoms with van der Waals surface area (Å²) in [6.07, 6.45) is 4.74. The number of aromatic nitrogens is 1. The maximum Gasteiger partial charge on any atom is 0.248 e. The number of pyridine rings is 1. The van der Waals surface area contributed by atoms with E-state index in [2.05, 4.69) is 15.6 Å². The standard InChI is InChI=1S/C28H22ClN3O2S/c29-22-15-16-25(30-19-22)32-28(34)27(21-10-5-2-6-11-21)35-24-13-7-12-23(18-24)31-26(33)17-14-20-8-3-1-4-9-20/h1-19,27H,(H,31,33)(H,30,32,34)/b17-14+. The number of thioether (sulfide) groups is 1. The van der Waals surface area contributed by atoms with Crippen molar-refractivity contribution in [2.24, 2.45) is 0 Å². The van der Waals surface area contributed by atoms with Gasteiger partial charge in [-0.25, -0.2) is 4.98 Å². The van der Waals surface area contributed by atoms with Gasteiger partial charge in [0.05, 0.1) is 5.02 Å². The Hall–Kier alpha value is -3.87. The Bertz CT molecular complexity index is 1310. The average Bonchev–Trinajstić information content (AvgIpc) is 2.89. The molecule has 35 heavy (non-hydrogen) atoms. The van der Waals surface area contributed by atoms with Crippen LogP contribution in [0.4, 0.5) is 11.5 Å². The van der Waals surface area contributed by atoms with Crippen LogP contribution in [0.15, 0.2) is 114 Å². The molecule has 0 aliphatic heterocycles. The summed E-state index contributed by atoms with van der Waals surface area (Å²) in [5.41, 5.74) is 2.44. The molecule has 1 atom stereocenters. The van der Waals surface area contributed by atoms with Gasteiger partial charge in [0.2, 0.25) is 11.8 Å². The van der Waals surface area contributed by atoms with Crippen LogP contribution in [0.25, 0.3) is 6.08 Å². The number of hydrogen-bond donors (Lipinski definition) is 2. The summed E-state index contributed by atoms with van der Waals surface area (Å²) < 4.78 is 0. The van der Waals surface area contributed by atoms with Crippen molar-refractivity contribution in [3.63, 3.8) is 0 Å². The topological polar surface area (TPSA) is 71.1 Å². The molecule has 0 fully saturated rings. The van der Waals surface area contributed by atoms with Gasteiger partial charge in [-0.15, -0.1) is 11.8 Å². The fraction of sp³-hybridized carbons (Fsp3) is 0.0357. The van der Waals surface area contributed by atoms with E-state index >= 15 is 0 Å². The summed E-state index contributed by atoms with van der Waals surface area (Å²) >= 11 is 7.29. The van der Waals surface area contributed by atoms with E-state index in [1.165, 1.54) is 24.0 Å². The molecule has 5 nitrogen and oxygen atoms in total. The molecular formula is C28H22ClN3O2S. The van der Waals surface area contributed by atoms with E-state index < -0.39 is 5.25 Å². The van der Waals surface area contributed by atoms with E-state index in [0.717, 1.165) is 16.0 Å². The van der Waals surface area contributed by atoms with Gasteiger partial charge >= 0.3 is 0 Å². The normalized spacial score (nSPS) is 11.7. The molecule has 2 amide bonds. The van der Waals surface area contributed by atoms with E-state index in [4.69, 9.17) is 11.6 Å². The summed E-state index contributed by atoms with van der Waals surface area (Å²) in [4.78, 5) is 30.6. The zero-order chi connectivity index (χ0) is 24.5. The van der Waals surface area contributed by atoms with Gasteiger partial charge in [0.25, 0.3) is 0 Å². The number of nitrogens with one attached hydrogen (secondary N) is 2. The monoisotopic (exact) mass is 499 g/mol. The number of rotatable bonds is 8. The van der Waals surface area contributed by atoms with Gasteiger partial charge in [-0.05, 0) is 47.5 Å². The minimum Gasteiger partial charge on any atom is -0.322 e. The van der Waals surface area contributed by atoms with Gasteiger partial charge in [-0.3, -0.25) is 9.59 Å². The van der Waals surface area contributed by atoms with Gasteiger partial charge in [-0.2, -0.15) is 0 Å². The number of amides is 2. The molecule has 0 aliphatic rings. The quantitative estimate of drug-likeness (QED) is 0.205.